The van der Waals surface area contributed by atoms with Crippen molar-refractivity contribution in [1.29, 1.82) is 0 Å². The molecule has 0 spiro atoms. The van der Waals surface area contributed by atoms with Crippen LogP contribution in [0.3, 0.4) is 0 Å². The predicted octanol–water partition coefficient (Wildman–Crippen LogP) is 6.71. The Morgan fingerprint density at radius 2 is 1.22 bits per heavy atom. The first-order valence-electron chi connectivity index (χ1n) is 12.1. The lowest BCUT2D eigenvalue weighted by Crippen LogP contribution is -2.29. The van der Waals surface area contributed by atoms with Crippen LogP contribution >= 0.6 is 0 Å². The maximum Gasteiger partial charge on any atom is 0.242 e. The minimum atomic E-state index is 0.155. The molecule has 3 saturated carbocycles. The quantitative estimate of drug-likeness (QED) is 0.540. The van der Waals surface area contributed by atoms with Crippen molar-refractivity contribution >= 4 is 11.6 Å². The van der Waals surface area contributed by atoms with Crippen molar-refractivity contribution in [3.63, 3.8) is 0 Å². The topological polar surface area (TPSA) is 32.7 Å². The molecule has 0 N–H and O–H groups in total. The van der Waals surface area contributed by atoms with Crippen LogP contribution in [-0.4, -0.2) is 23.7 Å². The lowest BCUT2D eigenvalue weighted by atomic mass is 9.73. The normalized spacial score (nSPS) is 26.3. The highest BCUT2D eigenvalue weighted by Gasteiger charge is 2.24. The highest BCUT2D eigenvalue weighted by atomic mass is 16.2. The fourth-order valence-corrected chi connectivity index (χ4v) is 5.81. The largest absolute Gasteiger partial charge is 0.273 e. The Morgan fingerprint density at radius 3 is 1.70 bits per heavy atom. The standard InChI is InChI=1S/C12H20N2O.C12H22/c1-14-12(15)8-7-11(13-14)9-10-5-3-2-4-6-10;1-3-7-11(8-4-1)12-9-5-2-6-10-12/h10H,2-9H2,1H3;11-12H,1-10H2. The summed E-state index contributed by atoms with van der Waals surface area (Å²) in [6.45, 7) is 0. The molecule has 4 rings (SSSR count). The van der Waals surface area contributed by atoms with E-state index in [4.69, 9.17) is 0 Å². The van der Waals surface area contributed by atoms with E-state index >= 15 is 0 Å². The number of rotatable bonds is 3. The van der Waals surface area contributed by atoms with Gasteiger partial charge in [-0.2, -0.15) is 5.10 Å². The van der Waals surface area contributed by atoms with Crippen LogP contribution in [0.25, 0.3) is 0 Å². The number of hydrazone groups is 1. The molecular formula is C24H42N2O. The van der Waals surface area contributed by atoms with Gasteiger partial charge in [-0.3, -0.25) is 4.79 Å². The van der Waals surface area contributed by atoms with E-state index in [-0.39, 0.29) is 5.91 Å². The van der Waals surface area contributed by atoms with E-state index in [2.05, 4.69) is 5.10 Å². The van der Waals surface area contributed by atoms with Gasteiger partial charge in [-0.05, 0) is 30.6 Å². The van der Waals surface area contributed by atoms with E-state index in [9.17, 15) is 4.79 Å². The minimum absolute atomic E-state index is 0.155. The molecular weight excluding hydrogens is 332 g/mol. The number of hydrogen-bond acceptors (Lipinski definition) is 2. The summed E-state index contributed by atoms with van der Waals surface area (Å²) < 4.78 is 0. The Balaban J connectivity index is 0.000000159. The maximum atomic E-state index is 11.3. The predicted molar refractivity (Wildman–Crippen MR) is 114 cm³/mol. The number of amides is 1. The number of carbonyl (C=O) groups is 1. The highest BCUT2D eigenvalue weighted by Crippen LogP contribution is 2.37. The van der Waals surface area contributed by atoms with Gasteiger partial charge in [-0.1, -0.05) is 96.3 Å². The molecule has 154 valence electrons. The maximum absolute atomic E-state index is 11.3. The van der Waals surface area contributed by atoms with Gasteiger partial charge < -0.3 is 0 Å². The summed E-state index contributed by atoms with van der Waals surface area (Å²) >= 11 is 0. The Labute approximate surface area is 167 Å². The average Bonchev–Trinajstić information content (AvgIpc) is 2.73. The fraction of sp³-hybridized carbons (Fsp3) is 0.917. The number of carbonyl (C=O) groups excluding carboxylic acids is 1. The van der Waals surface area contributed by atoms with Gasteiger partial charge in [-0.25, -0.2) is 5.01 Å². The molecule has 0 radical (unpaired) electrons. The molecule has 3 heteroatoms. The van der Waals surface area contributed by atoms with E-state index in [1.165, 1.54) is 81.3 Å². The van der Waals surface area contributed by atoms with E-state index in [0.29, 0.717) is 6.42 Å². The van der Waals surface area contributed by atoms with Gasteiger partial charge in [0.05, 0.1) is 0 Å². The summed E-state index contributed by atoms with van der Waals surface area (Å²) in [5.41, 5.74) is 1.24. The lowest BCUT2D eigenvalue weighted by molar-refractivity contribution is -0.130. The molecule has 0 unspecified atom stereocenters. The van der Waals surface area contributed by atoms with Crippen molar-refractivity contribution in [3.8, 4) is 0 Å². The van der Waals surface area contributed by atoms with E-state index in [0.717, 1.165) is 30.6 Å². The average molecular weight is 375 g/mol. The van der Waals surface area contributed by atoms with Crippen molar-refractivity contribution in [2.45, 2.75) is 116 Å². The third kappa shape index (κ3) is 6.91. The van der Waals surface area contributed by atoms with E-state index < -0.39 is 0 Å². The van der Waals surface area contributed by atoms with Crippen LogP contribution in [0.1, 0.15) is 116 Å². The third-order valence-corrected chi connectivity index (χ3v) is 7.50. The van der Waals surface area contributed by atoms with E-state index in [1.807, 2.05) is 0 Å². The third-order valence-electron chi connectivity index (χ3n) is 7.50. The Kier molecular flexibility index (Phi) is 8.67. The van der Waals surface area contributed by atoms with Gasteiger partial charge in [-0.15, -0.1) is 0 Å². The van der Waals surface area contributed by atoms with Crippen molar-refractivity contribution in [2.75, 3.05) is 7.05 Å². The molecule has 0 atom stereocenters. The number of nitrogens with zero attached hydrogens (tertiary/aromatic N) is 2. The monoisotopic (exact) mass is 374 g/mol. The number of hydrogen-bond donors (Lipinski definition) is 0. The van der Waals surface area contributed by atoms with Crippen molar-refractivity contribution < 1.29 is 4.79 Å². The van der Waals surface area contributed by atoms with Crippen molar-refractivity contribution in [1.82, 2.24) is 5.01 Å². The second kappa shape index (κ2) is 11.2. The zero-order valence-corrected chi connectivity index (χ0v) is 17.8. The van der Waals surface area contributed by atoms with Crippen LogP contribution in [-0.2, 0) is 4.79 Å². The second-order valence-electron chi connectivity index (χ2n) is 9.59. The molecule has 1 amide bonds. The van der Waals surface area contributed by atoms with Crippen molar-refractivity contribution in [3.05, 3.63) is 0 Å². The Bertz CT molecular complexity index is 453. The molecule has 1 heterocycles. The van der Waals surface area contributed by atoms with E-state index in [1.54, 1.807) is 32.7 Å². The molecule has 0 bridgehead atoms. The van der Waals surface area contributed by atoms with Crippen LogP contribution in [0.15, 0.2) is 5.10 Å². The second-order valence-corrected chi connectivity index (χ2v) is 9.59. The molecule has 4 aliphatic rings. The molecule has 3 nitrogen and oxygen atoms in total. The summed E-state index contributed by atoms with van der Waals surface area (Å²) in [4.78, 5) is 11.3. The molecule has 1 aliphatic heterocycles. The molecule has 0 aromatic heterocycles. The van der Waals surface area contributed by atoms with Gasteiger partial charge in [0, 0.05) is 19.2 Å². The van der Waals surface area contributed by atoms with Crippen LogP contribution in [0.4, 0.5) is 0 Å². The fourth-order valence-electron chi connectivity index (χ4n) is 5.81. The van der Waals surface area contributed by atoms with Crippen LogP contribution in [0.2, 0.25) is 0 Å². The molecule has 3 fully saturated rings. The molecule has 0 aromatic rings. The summed E-state index contributed by atoms with van der Waals surface area (Å²) in [5, 5.41) is 5.87. The van der Waals surface area contributed by atoms with Gasteiger partial charge >= 0.3 is 0 Å². The van der Waals surface area contributed by atoms with Crippen LogP contribution < -0.4 is 0 Å². The summed E-state index contributed by atoms with van der Waals surface area (Å²) in [7, 11) is 1.77. The Morgan fingerprint density at radius 1 is 0.741 bits per heavy atom. The lowest BCUT2D eigenvalue weighted by Gasteiger charge is -2.32. The smallest absolute Gasteiger partial charge is 0.242 e. The van der Waals surface area contributed by atoms with Crippen LogP contribution in [0.5, 0.6) is 0 Å². The first kappa shape index (κ1) is 20.9. The van der Waals surface area contributed by atoms with Gasteiger partial charge in [0.15, 0.2) is 0 Å². The molecule has 0 aromatic carbocycles. The minimum Gasteiger partial charge on any atom is -0.273 e. The summed E-state index contributed by atoms with van der Waals surface area (Å²) in [5.74, 6) is 3.26. The molecule has 27 heavy (non-hydrogen) atoms. The molecule has 3 aliphatic carbocycles. The zero-order valence-electron chi connectivity index (χ0n) is 17.8. The SMILES string of the molecule is C1CCC(C2CCCCC2)CC1.CN1N=C(CC2CCCCC2)CCC1=O. The van der Waals surface area contributed by atoms with Crippen molar-refractivity contribution in [2.24, 2.45) is 22.9 Å². The van der Waals surface area contributed by atoms with Gasteiger partial charge in [0.2, 0.25) is 5.91 Å². The first-order valence-corrected chi connectivity index (χ1v) is 12.1. The zero-order chi connectivity index (χ0) is 18.9. The summed E-state index contributed by atoms with van der Waals surface area (Å²) in [6.07, 6.45) is 24.9. The van der Waals surface area contributed by atoms with Gasteiger partial charge in [0.1, 0.15) is 0 Å². The highest BCUT2D eigenvalue weighted by molar-refractivity contribution is 5.92. The van der Waals surface area contributed by atoms with Crippen LogP contribution in [0, 0.1) is 17.8 Å². The summed E-state index contributed by atoms with van der Waals surface area (Å²) in [6, 6.07) is 0. The van der Waals surface area contributed by atoms with Gasteiger partial charge in [0.25, 0.3) is 0 Å². The first-order chi connectivity index (χ1) is 13.2. The Hall–Kier alpha value is -0.860. The molecule has 0 saturated heterocycles.